The summed E-state index contributed by atoms with van der Waals surface area (Å²) in [7, 11) is 1.67. The van der Waals surface area contributed by atoms with Gasteiger partial charge in [-0.3, -0.25) is 4.79 Å². The van der Waals surface area contributed by atoms with E-state index in [9.17, 15) is 4.79 Å². The largest absolute Gasteiger partial charge is 0.376 e. The lowest BCUT2D eigenvalue weighted by atomic mass is 9.91. The first-order valence-corrected chi connectivity index (χ1v) is 7.03. The minimum atomic E-state index is -0.174. The Labute approximate surface area is 127 Å². The summed E-state index contributed by atoms with van der Waals surface area (Å²) in [5.74, 6) is -0.0817. The summed E-state index contributed by atoms with van der Waals surface area (Å²) in [5, 5.41) is 0. The minimum Gasteiger partial charge on any atom is -0.376 e. The van der Waals surface area contributed by atoms with Crippen LogP contribution in [0, 0.1) is 0 Å². The van der Waals surface area contributed by atoms with Crippen molar-refractivity contribution < 1.29 is 9.53 Å². The third-order valence-electron chi connectivity index (χ3n) is 3.55. The molecule has 1 rings (SSSR count). The second kappa shape index (κ2) is 7.75. The third kappa shape index (κ3) is 4.27. The fraction of sp³-hybridized carbons (Fsp3) is 0.316. The molecule has 1 aromatic carbocycles. The maximum atomic E-state index is 12.0. The molecule has 1 atom stereocenters. The molecule has 0 amide bonds. The van der Waals surface area contributed by atoms with Crippen molar-refractivity contribution in [1.82, 2.24) is 0 Å². The highest BCUT2D eigenvalue weighted by Gasteiger charge is 2.19. The Morgan fingerprint density at radius 2 is 1.90 bits per heavy atom. The molecular formula is C19H24O2. The van der Waals surface area contributed by atoms with E-state index in [0.29, 0.717) is 12.0 Å². The van der Waals surface area contributed by atoms with Crippen LogP contribution in [0.15, 0.2) is 60.2 Å². The van der Waals surface area contributed by atoms with Gasteiger partial charge in [-0.1, -0.05) is 48.6 Å². The van der Waals surface area contributed by atoms with Crippen molar-refractivity contribution in [1.29, 1.82) is 0 Å². The molecule has 0 fully saturated rings. The Bertz CT molecular complexity index is 575. The summed E-state index contributed by atoms with van der Waals surface area (Å²) < 4.78 is 5.64. The summed E-state index contributed by atoms with van der Waals surface area (Å²) in [6.07, 6.45) is 1.87. The number of benzene rings is 1. The van der Waals surface area contributed by atoms with E-state index < -0.39 is 0 Å². The van der Waals surface area contributed by atoms with Crippen LogP contribution in [0.25, 0.3) is 0 Å². The van der Waals surface area contributed by atoms with Gasteiger partial charge in [0.15, 0.2) is 5.78 Å². The second-order valence-electron chi connectivity index (χ2n) is 5.34. The van der Waals surface area contributed by atoms with Crippen molar-refractivity contribution in [2.45, 2.75) is 33.3 Å². The smallest absolute Gasteiger partial charge is 0.185 e. The minimum absolute atomic E-state index is 0.0817. The number of hydrogen-bond acceptors (Lipinski definition) is 2. The first kappa shape index (κ1) is 17.1. The number of carbonyl (C=O) groups excluding carboxylic acids is 1. The lowest BCUT2D eigenvalue weighted by molar-refractivity contribution is 0.0971. The van der Waals surface area contributed by atoms with E-state index >= 15 is 0 Å². The second-order valence-corrected chi connectivity index (χ2v) is 5.34. The zero-order chi connectivity index (χ0) is 16.0. The molecule has 0 aliphatic carbocycles. The summed E-state index contributed by atoms with van der Waals surface area (Å²) in [6, 6.07) is 7.53. The predicted octanol–water partition coefficient (Wildman–Crippen LogP) is 5.05. The maximum Gasteiger partial charge on any atom is 0.185 e. The van der Waals surface area contributed by atoms with E-state index in [4.69, 9.17) is 4.74 Å². The van der Waals surface area contributed by atoms with Crippen molar-refractivity contribution >= 4 is 5.78 Å². The van der Waals surface area contributed by atoms with Gasteiger partial charge < -0.3 is 4.74 Å². The lowest BCUT2D eigenvalue weighted by Crippen LogP contribution is -2.10. The number of ketones is 1. The van der Waals surface area contributed by atoms with E-state index in [2.05, 4.69) is 27.0 Å². The summed E-state index contributed by atoms with van der Waals surface area (Å²) in [4.78, 5) is 12.0. The number of rotatable bonds is 7. The molecule has 0 N–H and O–H groups in total. The molecule has 112 valence electrons. The quantitative estimate of drug-likeness (QED) is 0.398. The van der Waals surface area contributed by atoms with Gasteiger partial charge in [-0.05, 0) is 38.0 Å². The van der Waals surface area contributed by atoms with Gasteiger partial charge in [-0.2, -0.15) is 0 Å². The van der Waals surface area contributed by atoms with E-state index in [1.807, 2.05) is 31.2 Å². The highest BCUT2D eigenvalue weighted by atomic mass is 16.5. The van der Waals surface area contributed by atoms with Crippen LogP contribution in [-0.4, -0.2) is 12.9 Å². The number of methoxy groups -OCH3 is 1. The molecule has 21 heavy (non-hydrogen) atoms. The van der Waals surface area contributed by atoms with E-state index in [-0.39, 0.29) is 11.9 Å². The van der Waals surface area contributed by atoms with Crippen LogP contribution in [0.5, 0.6) is 0 Å². The van der Waals surface area contributed by atoms with E-state index in [1.54, 1.807) is 7.11 Å². The summed E-state index contributed by atoms with van der Waals surface area (Å²) >= 11 is 0. The highest BCUT2D eigenvalue weighted by Crippen LogP contribution is 2.31. The van der Waals surface area contributed by atoms with Crippen LogP contribution in [0.4, 0.5) is 0 Å². The molecule has 0 bridgehead atoms. The Hall–Kier alpha value is -1.93. The predicted molar refractivity (Wildman–Crippen MR) is 88.5 cm³/mol. The van der Waals surface area contributed by atoms with Gasteiger partial charge >= 0.3 is 0 Å². The van der Waals surface area contributed by atoms with Crippen LogP contribution < -0.4 is 0 Å². The molecule has 0 aliphatic rings. The Kier molecular flexibility index (Phi) is 6.32. The van der Waals surface area contributed by atoms with Gasteiger partial charge in [-0.15, -0.1) is 0 Å². The summed E-state index contributed by atoms with van der Waals surface area (Å²) in [5.41, 5.74) is 4.98. The maximum absolute atomic E-state index is 12.0. The standard InChI is InChI=1S/C19H24O2/c1-7-18(20)15-10-8-9-11-16(15)19(21-6)12-17(13(2)3)14(4)5/h7-11,19H,1-2,12H2,3-6H3. The molecule has 0 radical (unpaired) electrons. The number of hydrogen-bond donors (Lipinski definition) is 0. The van der Waals surface area contributed by atoms with Crippen molar-refractivity contribution in [3.63, 3.8) is 0 Å². The Morgan fingerprint density at radius 1 is 1.29 bits per heavy atom. The van der Waals surface area contributed by atoms with Gasteiger partial charge in [0.2, 0.25) is 0 Å². The Morgan fingerprint density at radius 3 is 2.38 bits per heavy atom. The fourth-order valence-electron chi connectivity index (χ4n) is 2.42. The topological polar surface area (TPSA) is 26.3 Å². The molecule has 0 spiro atoms. The van der Waals surface area contributed by atoms with Crippen molar-refractivity contribution in [3.8, 4) is 0 Å². The molecule has 0 aromatic heterocycles. The van der Waals surface area contributed by atoms with E-state index in [0.717, 1.165) is 11.1 Å². The van der Waals surface area contributed by atoms with Gasteiger partial charge in [0.25, 0.3) is 0 Å². The molecule has 0 aliphatic heterocycles. The first-order valence-electron chi connectivity index (χ1n) is 7.03. The molecule has 0 saturated carbocycles. The molecule has 1 unspecified atom stereocenters. The van der Waals surface area contributed by atoms with Crippen LogP contribution in [0.3, 0.4) is 0 Å². The first-order chi connectivity index (χ1) is 9.92. The number of carbonyl (C=O) groups is 1. The average Bonchev–Trinajstić information content (AvgIpc) is 2.46. The lowest BCUT2D eigenvalue weighted by Gasteiger charge is -2.21. The van der Waals surface area contributed by atoms with Crippen molar-refractivity contribution in [3.05, 3.63) is 71.3 Å². The monoisotopic (exact) mass is 284 g/mol. The van der Waals surface area contributed by atoms with Gasteiger partial charge in [-0.25, -0.2) is 0 Å². The average molecular weight is 284 g/mol. The van der Waals surface area contributed by atoms with Crippen molar-refractivity contribution in [2.75, 3.05) is 7.11 Å². The number of ether oxygens (including phenoxy) is 1. The normalized spacial score (nSPS) is 11.6. The Balaban J connectivity index is 3.23. The van der Waals surface area contributed by atoms with Gasteiger partial charge in [0.05, 0.1) is 6.10 Å². The fourth-order valence-corrected chi connectivity index (χ4v) is 2.42. The van der Waals surface area contributed by atoms with Crippen LogP contribution in [0.1, 0.15) is 49.2 Å². The molecule has 2 heteroatoms. The molecular weight excluding hydrogens is 260 g/mol. The van der Waals surface area contributed by atoms with E-state index in [1.165, 1.54) is 17.2 Å². The van der Waals surface area contributed by atoms with Crippen molar-refractivity contribution in [2.24, 2.45) is 0 Å². The molecule has 0 heterocycles. The molecule has 1 aromatic rings. The zero-order valence-corrected chi connectivity index (χ0v) is 13.4. The molecule has 0 saturated heterocycles. The van der Waals surface area contributed by atoms with Gasteiger partial charge in [0.1, 0.15) is 0 Å². The van der Waals surface area contributed by atoms with Crippen LogP contribution in [-0.2, 0) is 4.74 Å². The third-order valence-corrected chi connectivity index (χ3v) is 3.55. The highest BCUT2D eigenvalue weighted by molar-refractivity contribution is 6.05. The zero-order valence-electron chi connectivity index (χ0n) is 13.4. The van der Waals surface area contributed by atoms with Crippen LogP contribution in [0.2, 0.25) is 0 Å². The SMILES string of the molecule is C=CC(=O)c1ccccc1C(CC(C(=C)C)=C(C)C)OC. The van der Waals surface area contributed by atoms with Crippen LogP contribution >= 0.6 is 0 Å². The number of allylic oxidation sites excluding steroid dienone is 3. The molecule has 2 nitrogen and oxygen atoms in total. The summed E-state index contributed by atoms with van der Waals surface area (Å²) in [6.45, 7) is 13.7. The van der Waals surface area contributed by atoms with Gasteiger partial charge in [0, 0.05) is 19.1 Å².